The van der Waals surface area contributed by atoms with Gasteiger partial charge < -0.3 is 19.8 Å². The van der Waals surface area contributed by atoms with Crippen LogP contribution in [0.25, 0.3) is 0 Å². The van der Waals surface area contributed by atoms with E-state index in [9.17, 15) is 0 Å². The molecule has 1 aliphatic heterocycles. The van der Waals surface area contributed by atoms with Gasteiger partial charge in [0.05, 0.1) is 19.4 Å². The summed E-state index contributed by atoms with van der Waals surface area (Å²) in [6, 6.07) is 0.451. The van der Waals surface area contributed by atoms with Gasteiger partial charge in [0.1, 0.15) is 12.3 Å². The van der Waals surface area contributed by atoms with Gasteiger partial charge in [-0.2, -0.15) is 0 Å². The average Bonchev–Trinajstić information content (AvgIpc) is 3.10. The number of aliphatic imine (C=N–C) groups is 1. The van der Waals surface area contributed by atoms with E-state index in [1.807, 2.05) is 0 Å². The summed E-state index contributed by atoms with van der Waals surface area (Å²) in [7, 11) is 0. The second-order valence-electron chi connectivity index (χ2n) is 8.40. The van der Waals surface area contributed by atoms with Crippen LogP contribution in [0.4, 0.5) is 0 Å². The van der Waals surface area contributed by atoms with Gasteiger partial charge in [-0.15, -0.1) is 24.0 Å². The highest BCUT2D eigenvalue weighted by Crippen LogP contribution is 2.22. The molecule has 0 saturated carbocycles. The van der Waals surface area contributed by atoms with Crippen molar-refractivity contribution < 1.29 is 9.15 Å². The van der Waals surface area contributed by atoms with Crippen LogP contribution in [0.2, 0.25) is 0 Å². The van der Waals surface area contributed by atoms with Gasteiger partial charge in [0.25, 0.3) is 0 Å². The minimum Gasteiger partial charge on any atom is -0.443 e. The van der Waals surface area contributed by atoms with Gasteiger partial charge in [0.15, 0.2) is 5.96 Å². The lowest BCUT2D eigenvalue weighted by Crippen LogP contribution is -2.52. The Hall–Kier alpha value is -0.870. The fourth-order valence-electron chi connectivity index (χ4n) is 3.12. The smallest absolute Gasteiger partial charge is 0.216 e. The van der Waals surface area contributed by atoms with Crippen molar-refractivity contribution in [1.82, 2.24) is 20.5 Å². The number of guanidine groups is 1. The molecule has 1 unspecified atom stereocenters. The summed E-state index contributed by atoms with van der Waals surface area (Å²) in [4.78, 5) is 11.5. The third-order valence-electron chi connectivity index (χ3n) is 4.77. The minimum atomic E-state index is -0.0413. The van der Waals surface area contributed by atoms with Crippen LogP contribution in [0.3, 0.4) is 0 Å². The van der Waals surface area contributed by atoms with Crippen molar-refractivity contribution in [1.29, 1.82) is 0 Å². The Balaban J connectivity index is 0.00000392. The highest BCUT2D eigenvalue weighted by molar-refractivity contribution is 14.0. The Bertz CT molecular complexity index is 592. The first-order chi connectivity index (χ1) is 12.8. The molecule has 0 radical (unpaired) electrons. The second-order valence-corrected chi connectivity index (χ2v) is 8.40. The van der Waals surface area contributed by atoms with Crippen LogP contribution in [0.15, 0.2) is 15.6 Å². The van der Waals surface area contributed by atoms with E-state index in [1.165, 1.54) is 0 Å². The fourth-order valence-corrected chi connectivity index (χ4v) is 3.12. The Kier molecular flexibility index (Phi) is 10.8. The number of rotatable bonds is 7. The molecular weight excluding hydrogens is 469 g/mol. The molecule has 2 rings (SSSR count). The monoisotopic (exact) mass is 507 g/mol. The molecule has 2 heterocycles. The highest BCUT2D eigenvalue weighted by atomic mass is 127. The van der Waals surface area contributed by atoms with Gasteiger partial charge in [0, 0.05) is 37.6 Å². The van der Waals surface area contributed by atoms with Crippen LogP contribution in [0.5, 0.6) is 0 Å². The van der Waals surface area contributed by atoms with Gasteiger partial charge in [-0.1, -0.05) is 34.6 Å². The second kappa shape index (κ2) is 12.0. The number of hydrogen-bond donors (Lipinski definition) is 2. The molecule has 1 aromatic rings. The van der Waals surface area contributed by atoms with Crippen LogP contribution >= 0.6 is 24.0 Å². The molecule has 1 saturated heterocycles. The maximum absolute atomic E-state index is 5.84. The predicted octanol–water partition coefficient (Wildman–Crippen LogP) is 3.00. The summed E-state index contributed by atoms with van der Waals surface area (Å²) in [5, 5.41) is 6.81. The van der Waals surface area contributed by atoms with Crippen LogP contribution in [0.1, 0.15) is 53.2 Å². The van der Waals surface area contributed by atoms with E-state index in [1.54, 1.807) is 6.20 Å². The lowest BCUT2D eigenvalue weighted by Gasteiger charge is -2.37. The van der Waals surface area contributed by atoms with E-state index in [0.29, 0.717) is 24.4 Å². The maximum Gasteiger partial charge on any atom is 0.216 e. The van der Waals surface area contributed by atoms with Gasteiger partial charge >= 0.3 is 0 Å². The van der Waals surface area contributed by atoms with Crippen molar-refractivity contribution in [3.63, 3.8) is 0 Å². The van der Waals surface area contributed by atoms with Crippen LogP contribution in [0, 0.1) is 5.92 Å². The predicted molar refractivity (Wildman–Crippen MR) is 124 cm³/mol. The Morgan fingerprint density at radius 3 is 2.46 bits per heavy atom. The van der Waals surface area contributed by atoms with E-state index in [-0.39, 0.29) is 29.4 Å². The number of nitrogens with zero attached hydrogens (tertiary/aromatic N) is 3. The molecule has 28 heavy (non-hydrogen) atoms. The zero-order valence-corrected chi connectivity index (χ0v) is 20.6. The van der Waals surface area contributed by atoms with E-state index in [0.717, 1.165) is 51.1 Å². The molecule has 0 amide bonds. The summed E-state index contributed by atoms with van der Waals surface area (Å²) in [5.41, 5.74) is -0.0413. The third-order valence-corrected chi connectivity index (χ3v) is 4.77. The lowest BCUT2D eigenvalue weighted by molar-refractivity contribution is 0.00752. The number of hydrogen-bond acceptors (Lipinski definition) is 5. The van der Waals surface area contributed by atoms with E-state index < -0.39 is 0 Å². The van der Waals surface area contributed by atoms with Crippen molar-refractivity contribution in [3.05, 3.63) is 17.8 Å². The topological polar surface area (TPSA) is 74.9 Å². The summed E-state index contributed by atoms with van der Waals surface area (Å²) in [5.74, 6) is 2.88. The van der Waals surface area contributed by atoms with Crippen molar-refractivity contribution in [2.75, 3.05) is 39.4 Å². The highest BCUT2D eigenvalue weighted by Gasteiger charge is 2.24. The van der Waals surface area contributed by atoms with Crippen LogP contribution in [-0.4, -0.2) is 61.3 Å². The quantitative estimate of drug-likeness (QED) is 0.336. The number of morpholine rings is 1. The molecule has 1 aliphatic rings. The fraction of sp³-hybridized carbons (Fsp3) is 0.800. The number of halogens is 1. The van der Waals surface area contributed by atoms with Crippen LogP contribution < -0.4 is 10.6 Å². The Morgan fingerprint density at radius 1 is 1.25 bits per heavy atom. The number of aromatic nitrogens is 1. The third kappa shape index (κ3) is 7.87. The summed E-state index contributed by atoms with van der Waals surface area (Å²) in [6.07, 6.45) is 1.80. The molecule has 0 spiro atoms. The largest absolute Gasteiger partial charge is 0.443 e. The zero-order valence-electron chi connectivity index (χ0n) is 18.2. The van der Waals surface area contributed by atoms with Crippen LogP contribution in [-0.2, 0) is 16.7 Å². The zero-order chi connectivity index (χ0) is 19.9. The molecule has 0 bridgehead atoms. The van der Waals surface area contributed by atoms with E-state index >= 15 is 0 Å². The standard InChI is InChI=1S/C20H37N5O2.HI/c1-7-21-19(24-14-18-22-13-17(27-18)20(4,5)6)23-12-16(15(2)3)25-8-10-26-11-9-25;/h13,15-16H,7-12,14H2,1-6H3,(H2,21,23,24);1H. The molecule has 2 N–H and O–H groups in total. The van der Waals surface area contributed by atoms with Crippen molar-refractivity contribution in [2.45, 2.75) is 59.5 Å². The first kappa shape index (κ1) is 25.2. The van der Waals surface area contributed by atoms with Crippen molar-refractivity contribution >= 4 is 29.9 Å². The normalized spacial score (nSPS) is 17.3. The first-order valence-electron chi connectivity index (χ1n) is 10.1. The number of ether oxygens (including phenoxy) is 1. The molecule has 1 aromatic heterocycles. The molecule has 0 aliphatic carbocycles. The van der Waals surface area contributed by atoms with E-state index in [2.05, 4.69) is 67.1 Å². The van der Waals surface area contributed by atoms with Gasteiger partial charge in [-0.25, -0.2) is 9.98 Å². The molecule has 162 valence electrons. The maximum atomic E-state index is 5.84. The summed E-state index contributed by atoms with van der Waals surface area (Å²) >= 11 is 0. The molecule has 1 atom stereocenters. The average molecular weight is 507 g/mol. The summed E-state index contributed by atoms with van der Waals surface area (Å²) in [6.45, 7) is 18.7. The Morgan fingerprint density at radius 2 is 1.93 bits per heavy atom. The summed E-state index contributed by atoms with van der Waals surface area (Å²) < 4.78 is 11.3. The van der Waals surface area contributed by atoms with Gasteiger partial charge in [-0.3, -0.25) is 4.90 Å². The number of oxazole rings is 1. The SMILES string of the molecule is CCNC(=NCc1ncc(C(C)(C)C)o1)NCC(C(C)C)N1CCOCC1.I. The molecule has 7 nitrogen and oxygen atoms in total. The Labute approximate surface area is 187 Å². The molecular formula is C20H38IN5O2. The number of nitrogens with one attached hydrogen (secondary N) is 2. The lowest BCUT2D eigenvalue weighted by atomic mass is 9.94. The van der Waals surface area contributed by atoms with Gasteiger partial charge in [0.2, 0.25) is 5.89 Å². The van der Waals surface area contributed by atoms with Gasteiger partial charge in [-0.05, 0) is 12.8 Å². The van der Waals surface area contributed by atoms with E-state index in [4.69, 9.17) is 9.15 Å². The molecule has 8 heteroatoms. The molecule has 1 fully saturated rings. The first-order valence-corrected chi connectivity index (χ1v) is 10.1. The molecule has 0 aromatic carbocycles. The van der Waals surface area contributed by atoms with Crippen molar-refractivity contribution in [3.8, 4) is 0 Å². The van der Waals surface area contributed by atoms with Crippen molar-refractivity contribution in [2.24, 2.45) is 10.9 Å². The minimum absolute atomic E-state index is 0.